The second-order valence-electron chi connectivity index (χ2n) is 2.39. The van der Waals surface area contributed by atoms with Crippen molar-refractivity contribution < 1.29 is 50.8 Å². The first-order valence-corrected chi connectivity index (χ1v) is 4.15. The normalized spacial score (nSPS) is 9.20. The van der Waals surface area contributed by atoms with E-state index in [1.165, 1.54) is 12.1 Å². The smallest absolute Gasteiger partial charge is 1.00 e. The summed E-state index contributed by atoms with van der Waals surface area (Å²) in [6.07, 6.45) is 0. The fraction of sp³-hybridized carbons (Fsp3) is 0. The summed E-state index contributed by atoms with van der Waals surface area (Å²) in [5, 5.41) is 17.1. The zero-order valence-corrected chi connectivity index (χ0v) is 11.1. The Bertz CT molecular complexity index is 386. The van der Waals surface area contributed by atoms with Crippen molar-refractivity contribution in [3.05, 3.63) is 33.3 Å². The molecule has 0 amide bonds. The van der Waals surface area contributed by atoms with E-state index in [1.54, 1.807) is 0 Å². The molecule has 0 saturated carbocycles. The summed E-state index contributed by atoms with van der Waals surface area (Å²) in [6.45, 7) is 0. The quantitative estimate of drug-likeness (QED) is 0.702. The molecule has 1 aromatic rings. The number of halogens is 2. The minimum atomic E-state index is -1.42. The van der Waals surface area contributed by atoms with Crippen molar-refractivity contribution in [1.82, 2.24) is 0 Å². The number of aromatic carboxylic acids is 2. The van der Waals surface area contributed by atoms with E-state index < -0.39 is 23.1 Å². The van der Waals surface area contributed by atoms with Crippen LogP contribution in [0.2, 0.25) is 10.0 Å². The van der Waals surface area contributed by atoms with E-state index in [4.69, 9.17) is 33.4 Å². The summed E-state index contributed by atoms with van der Waals surface area (Å²) in [4.78, 5) is 21.4. The summed E-state index contributed by atoms with van der Waals surface area (Å²) >= 11 is 11.1. The van der Waals surface area contributed by atoms with Crippen LogP contribution in [0.15, 0.2) is 12.1 Å². The van der Waals surface area contributed by atoms with Gasteiger partial charge in [-0.2, -0.15) is 0 Å². The van der Waals surface area contributed by atoms with Crippen LogP contribution in [-0.4, -0.2) is 22.2 Å². The number of carboxylic acid groups (broad SMARTS) is 2. The van der Waals surface area contributed by atoms with Crippen molar-refractivity contribution in [2.24, 2.45) is 0 Å². The fourth-order valence-corrected chi connectivity index (χ4v) is 1.45. The van der Waals surface area contributed by atoms with E-state index in [9.17, 15) is 9.59 Å². The van der Waals surface area contributed by atoms with Crippen LogP contribution < -0.4 is 29.6 Å². The molecule has 0 fully saturated rings. The van der Waals surface area contributed by atoms with Gasteiger partial charge in [-0.25, -0.2) is 9.59 Å². The van der Waals surface area contributed by atoms with Crippen LogP contribution in [0.25, 0.3) is 0 Å². The van der Waals surface area contributed by atoms with Gasteiger partial charge < -0.3 is 11.6 Å². The van der Waals surface area contributed by atoms with Gasteiger partial charge in [-0.1, -0.05) is 23.2 Å². The maximum absolute atomic E-state index is 10.7. The van der Waals surface area contributed by atoms with Gasteiger partial charge in [0.25, 0.3) is 0 Å². The van der Waals surface area contributed by atoms with Gasteiger partial charge in [-0.15, -0.1) is 0 Å². The van der Waals surface area contributed by atoms with Crippen LogP contribution in [0.1, 0.15) is 22.1 Å². The minimum Gasteiger partial charge on any atom is -1.00 e. The van der Waals surface area contributed by atoms with E-state index in [0.717, 1.165) is 0 Å². The van der Waals surface area contributed by atoms with Gasteiger partial charge in [0, 0.05) is 0 Å². The molecule has 15 heavy (non-hydrogen) atoms. The van der Waals surface area contributed by atoms with Crippen molar-refractivity contribution in [2.75, 3.05) is 0 Å². The van der Waals surface area contributed by atoms with Gasteiger partial charge in [-0.3, -0.25) is 0 Å². The van der Waals surface area contributed by atoms with Gasteiger partial charge in [0.05, 0.1) is 21.2 Å². The molecule has 0 aromatic heterocycles. The molecule has 0 radical (unpaired) electrons. The Morgan fingerprint density at radius 2 is 1.27 bits per heavy atom. The average Bonchev–Trinajstić information content (AvgIpc) is 2.07. The summed E-state index contributed by atoms with van der Waals surface area (Å²) < 4.78 is 0. The first kappa shape index (κ1) is 14.7. The van der Waals surface area contributed by atoms with E-state index in [-0.39, 0.29) is 41.0 Å². The number of carbonyl (C=O) groups is 2. The largest absolute Gasteiger partial charge is 1.00 e. The summed E-state index contributed by atoms with van der Waals surface area (Å²) in [5.74, 6) is -2.84. The molecule has 0 heterocycles. The van der Waals surface area contributed by atoms with E-state index >= 15 is 0 Å². The topological polar surface area (TPSA) is 74.6 Å². The van der Waals surface area contributed by atoms with Crippen LogP contribution in [0.4, 0.5) is 0 Å². The van der Waals surface area contributed by atoms with Gasteiger partial charge in [0.15, 0.2) is 0 Å². The van der Waals surface area contributed by atoms with Gasteiger partial charge in [-0.05, 0) is 12.1 Å². The maximum Gasteiger partial charge on any atom is 1.00 e. The molecule has 0 atom stereocenters. The second kappa shape index (κ2) is 5.72. The van der Waals surface area contributed by atoms with E-state index in [1.807, 2.05) is 0 Å². The van der Waals surface area contributed by atoms with Gasteiger partial charge >= 0.3 is 41.5 Å². The Balaban J connectivity index is 0. The summed E-state index contributed by atoms with van der Waals surface area (Å²) in [5.41, 5.74) is -0.988. The predicted molar refractivity (Wildman–Crippen MR) is 51.5 cm³/mol. The zero-order chi connectivity index (χ0) is 10.9. The minimum absolute atomic E-state index is 0. The van der Waals surface area contributed by atoms with Crippen molar-refractivity contribution >= 4 is 35.1 Å². The number of carboxylic acids is 2. The molecule has 0 aliphatic heterocycles. The number of benzene rings is 1. The van der Waals surface area contributed by atoms with E-state index in [2.05, 4.69) is 0 Å². The Morgan fingerprint density at radius 3 is 1.47 bits per heavy atom. The molecule has 4 nitrogen and oxygen atoms in total. The van der Waals surface area contributed by atoms with Crippen LogP contribution in [0.5, 0.6) is 0 Å². The summed E-state index contributed by atoms with van der Waals surface area (Å²) in [7, 11) is 0. The molecule has 0 spiro atoms. The molecule has 7 heteroatoms. The van der Waals surface area contributed by atoms with E-state index in [0.29, 0.717) is 0 Å². The standard InChI is InChI=1S/C8H4Cl2O4.Na.H/c9-3-1-2-4(10)6(8(13)14)5(3)7(11)12;;/h1-2H,(H,11,12)(H,13,14);;/q;+1;-1. The third-order valence-electron chi connectivity index (χ3n) is 1.53. The first-order valence-electron chi connectivity index (χ1n) is 3.39. The first-order chi connectivity index (χ1) is 6.45. The molecule has 2 N–H and O–H groups in total. The molecule has 0 aliphatic carbocycles. The Hall–Kier alpha value is -0.260. The number of rotatable bonds is 2. The van der Waals surface area contributed by atoms with Crippen molar-refractivity contribution in [3.63, 3.8) is 0 Å². The summed E-state index contributed by atoms with van der Waals surface area (Å²) in [6, 6.07) is 2.47. The maximum atomic E-state index is 10.7. The molecule has 1 rings (SSSR count). The monoisotopic (exact) mass is 258 g/mol. The predicted octanol–water partition coefficient (Wildman–Crippen LogP) is -0.494. The Morgan fingerprint density at radius 1 is 1.00 bits per heavy atom. The molecule has 0 bridgehead atoms. The molecule has 0 saturated heterocycles. The van der Waals surface area contributed by atoms with Crippen molar-refractivity contribution in [2.45, 2.75) is 0 Å². The molecule has 0 unspecified atom stereocenters. The van der Waals surface area contributed by atoms with Crippen LogP contribution in [0, 0.1) is 0 Å². The second-order valence-corrected chi connectivity index (χ2v) is 3.20. The SMILES string of the molecule is O=C(O)c1c(Cl)ccc(Cl)c1C(=O)O.[H-].[Na+]. The van der Waals surface area contributed by atoms with Gasteiger partial charge in [0.1, 0.15) is 0 Å². The fourth-order valence-electron chi connectivity index (χ4n) is 0.970. The molecule has 1 aromatic carbocycles. The van der Waals surface area contributed by atoms with Crippen LogP contribution >= 0.6 is 23.2 Å². The Labute approximate surface area is 119 Å². The van der Waals surface area contributed by atoms with Crippen LogP contribution in [-0.2, 0) is 0 Å². The van der Waals surface area contributed by atoms with Gasteiger partial charge in [0.2, 0.25) is 0 Å². The molecule has 76 valence electrons. The Kier molecular flexibility index (Phi) is 5.62. The van der Waals surface area contributed by atoms with Crippen molar-refractivity contribution in [3.8, 4) is 0 Å². The third kappa shape index (κ3) is 3.09. The van der Waals surface area contributed by atoms with Crippen LogP contribution in [0.3, 0.4) is 0 Å². The number of hydrogen-bond donors (Lipinski definition) is 2. The number of hydrogen-bond acceptors (Lipinski definition) is 2. The average molecular weight is 259 g/mol. The zero-order valence-electron chi connectivity index (χ0n) is 8.62. The molecule has 0 aliphatic rings. The molecular weight excluding hydrogens is 254 g/mol. The molecular formula is C8H5Cl2NaO4. The third-order valence-corrected chi connectivity index (χ3v) is 2.16. The van der Waals surface area contributed by atoms with Crippen molar-refractivity contribution in [1.29, 1.82) is 0 Å².